The molecule has 96 valence electrons. The van der Waals surface area contributed by atoms with Gasteiger partial charge in [0.1, 0.15) is 0 Å². The number of nitrogens with zero attached hydrogens (tertiary/aromatic N) is 1. The average molecular weight is 245 g/mol. The van der Waals surface area contributed by atoms with Crippen LogP contribution in [0, 0.1) is 0 Å². The highest BCUT2D eigenvalue weighted by Gasteiger charge is 2.37. The summed E-state index contributed by atoms with van der Waals surface area (Å²) in [5.74, 6) is 0.124. The van der Waals surface area contributed by atoms with Crippen LogP contribution < -0.4 is 11.1 Å². The van der Waals surface area contributed by atoms with Crippen LogP contribution in [0.3, 0.4) is 0 Å². The molecule has 4 heteroatoms. The molecule has 1 aromatic carbocycles. The van der Waals surface area contributed by atoms with Crippen molar-refractivity contribution in [3.8, 4) is 0 Å². The number of benzene rings is 1. The van der Waals surface area contributed by atoms with Crippen molar-refractivity contribution in [2.45, 2.75) is 31.5 Å². The van der Waals surface area contributed by atoms with E-state index in [-0.39, 0.29) is 24.0 Å². The van der Waals surface area contributed by atoms with Crippen molar-refractivity contribution >= 4 is 5.91 Å². The lowest BCUT2D eigenvalue weighted by molar-refractivity contribution is -0.129. The summed E-state index contributed by atoms with van der Waals surface area (Å²) in [6, 6.07) is 8.66. The standard InChI is InChI=1S/C14H19N3O/c1-9-14(18)16-6-7-17(9)13-8-12(15)10-4-2-3-5-11(10)13/h2-5,9,12-13H,6-8,15H2,1H3,(H,16,18). The van der Waals surface area contributed by atoms with Gasteiger partial charge in [0.15, 0.2) is 0 Å². The van der Waals surface area contributed by atoms with E-state index in [0.717, 1.165) is 19.5 Å². The van der Waals surface area contributed by atoms with E-state index in [4.69, 9.17) is 5.73 Å². The molecule has 1 aliphatic carbocycles. The predicted molar refractivity (Wildman–Crippen MR) is 69.9 cm³/mol. The van der Waals surface area contributed by atoms with Gasteiger partial charge in [-0.3, -0.25) is 9.69 Å². The molecule has 0 spiro atoms. The minimum absolute atomic E-state index is 0.0675. The summed E-state index contributed by atoms with van der Waals surface area (Å²) in [4.78, 5) is 14.1. The number of piperazine rings is 1. The SMILES string of the molecule is CC1C(=O)NCCN1C1CC(N)c2ccccc21. The summed E-state index contributed by atoms with van der Waals surface area (Å²) < 4.78 is 0. The first-order valence-corrected chi connectivity index (χ1v) is 6.56. The van der Waals surface area contributed by atoms with Crippen LogP contribution in [-0.2, 0) is 4.79 Å². The minimum atomic E-state index is -0.0675. The van der Waals surface area contributed by atoms with Crippen molar-refractivity contribution in [3.63, 3.8) is 0 Å². The normalized spacial score (nSPS) is 32.1. The molecule has 0 bridgehead atoms. The third kappa shape index (κ3) is 1.72. The van der Waals surface area contributed by atoms with Crippen LogP contribution in [0.1, 0.15) is 36.6 Å². The number of nitrogens with one attached hydrogen (secondary N) is 1. The van der Waals surface area contributed by atoms with Gasteiger partial charge in [-0.25, -0.2) is 0 Å². The van der Waals surface area contributed by atoms with Crippen LogP contribution in [0.15, 0.2) is 24.3 Å². The van der Waals surface area contributed by atoms with Crippen LogP contribution in [0.4, 0.5) is 0 Å². The second-order valence-electron chi connectivity index (χ2n) is 5.19. The summed E-state index contributed by atoms with van der Waals surface area (Å²) in [6.07, 6.45) is 0.914. The Kier molecular flexibility index (Phi) is 2.84. The topological polar surface area (TPSA) is 58.4 Å². The number of nitrogens with two attached hydrogens (primary N) is 1. The highest BCUT2D eigenvalue weighted by molar-refractivity contribution is 5.82. The van der Waals surface area contributed by atoms with E-state index >= 15 is 0 Å². The number of fused-ring (bicyclic) bond motifs is 1. The molecule has 1 aromatic rings. The van der Waals surface area contributed by atoms with Crippen molar-refractivity contribution in [2.75, 3.05) is 13.1 Å². The summed E-state index contributed by atoms with van der Waals surface area (Å²) in [6.45, 7) is 3.61. The smallest absolute Gasteiger partial charge is 0.237 e. The van der Waals surface area contributed by atoms with E-state index in [0.29, 0.717) is 0 Å². The minimum Gasteiger partial charge on any atom is -0.353 e. The zero-order chi connectivity index (χ0) is 12.7. The van der Waals surface area contributed by atoms with Gasteiger partial charge in [0.05, 0.1) is 6.04 Å². The van der Waals surface area contributed by atoms with Gasteiger partial charge in [-0.05, 0) is 24.5 Å². The molecular weight excluding hydrogens is 226 g/mol. The van der Waals surface area contributed by atoms with Crippen molar-refractivity contribution in [1.29, 1.82) is 0 Å². The zero-order valence-electron chi connectivity index (χ0n) is 10.6. The molecule has 2 aliphatic rings. The fraction of sp³-hybridized carbons (Fsp3) is 0.500. The van der Waals surface area contributed by atoms with Crippen molar-refractivity contribution in [2.24, 2.45) is 5.73 Å². The summed E-state index contributed by atoms with van der Waals surface area (Å²) in [7, 11) is 0. The van der Waals surface area contributed by atoms with Gasteiger partial charge in [0.25, 0.3) is 0 Å². The number of hydrogen-bond acceptors (Lipinski definition) is 3. The molecule has 1 fully saturated rings. The first-order valence-electron chi connectivity index (χ1n) is 6.56. The second-order valence-corrected chi connectivity index (χ2v) is 5.19. The van der Waals surface area contributed by atoms with E-state index in [1.807, 2.05) is 13.0 Å². The highest BCUT2D eigenvalue weighted by Crippen LogP contribution is 2.41. The molecule has 0 saturated carbocycles. The van der Waals surface area contributed by atoms with E-state index in [1.54, 1.807) is 0 Å². The van der Waals surface area contributed by atoms with E-state index < -0.39 is 0 Å². The summed E-state index contributed by atoms with van der Waals surface area (Å²) >= 11 is 0. The number of carbonyl (C=O) groups is 1. The lowest BCUT2D eigenvalue weighted by atomic mass is 10.0. The molecule has 4 nitrogen and oxygen atoms in total. The van der Waals surface area contributed by atoms with Gasteiger partial charge in [0.2, 0.25) is 5.91 Å². The molecule has 3 N–H and O–H groups in total. The lowest BCUT2D eigenvalue weighted by Gasteiger charge is -2.37. The van der Waals surface area contributed by atoms with Crippen LogP contribution in [0.25, 0.3) is 0 Å². The molecule has 3 unspecified atom stereocenters. The average Bonchev–Trinajstić information content (AvgIpc) is 2.71. The van der Waals surface area contributed by atoms with Gasteiger partial charge in [0, 0.05) is 25.2 Å². The van der Waals surface area contributed by atoms with Crippen molar-refractivity contribution < 1.29 is 4.79 Å². The Morgan fingerprint density at radius 3 is 2.83 bits per heavy atom. The predicted octanol–water partition coefficient (Wildman–Crippen LogP) is 0.951. The molecule has 3 rings (SSSR count). The molecule has 1 amide bonds. The highest BCUT2D eigenvalue weighted by atomic mass is 16.2. The molecule has 1 heterocycles. The Morgan fingerprint density at radius 2 is 2.06 bits per heavy atom. The monoisotopic (exact) mass is 245 g/mol. The zero-order valence-corrected chi connectivity index (χ0v) is 10.6. The molecule has 0 aromatic heterocycles. The fourth-order valence-electron chi connectivity index (χ4n) is 3.19. The first kappa shape index (κ1) is 11.7. The molecular formula is C14H19N3O. The summed E-state index contributed by atoms with van der Waals surface area (Å²) in [5.41, 5.74) is 8.73. The van der Waals surface area contributed by atoms with E-state index in [9.17, 15) is 4.79 Å². The van der Waals surface area contributed by atoms with Crippen molar-refractivity contribution in [1.82, 2.24) is 10.2 Å². The molecule has 18 heavy (non-hydrogen) atoms. The first-order chi connectivity index (χ1) is 8.68. The van der Waals surface area contributed by atoms with Crippen LogP contribution >= 0.6 is 0 Å². The number of hydrogen-bond donors (Lipinski definition) is 2. The Bertz CT molecular complexity index is 474. The Balaban J connectivity index is 1.92. The van der Waals surface area contributed by atoms with Gasteiger partial charge in [-0.1, -0.05) is 24.3 Å². The largest absolute Gasteiger partial charge is 0.353 e. The number of amides is 1. The third-order valence-corrected chi connectivity index (χ3v) is 4.18. The van der Waals surface area contributed by atoms with Crippen LogP contribution in [-0.4, -0.2) is 29.9 Å². The van der Waals surface area contributed by atoms with E-state index in [2.05, 4.69) is 28.4 Å². The maximum Gasteiger partial charge on any atom is 0.237 e. The second kappa shape index (κ2) is 4.37. The molecule has 1 saturated heterocycles. The van der Waals surface area contributed by atoms with Gasteiger partial charge in [-0.15, -0.1) is 0 Å². The Hall–Kier alpha value is -1.39. The number of carbonyl (C=O) groups excluding carboxylic acids is 1. The van der Waals surface area contributed by atoms with Gasteiger partial charge >= 0.3 is 0 Å². The molecule has 3 atom stereocenters. The Labute approximate surface area is 107 Å². The molecule has 0 radical (unpaired) electrons. The molecule has 1 aliphatic heterocycles. The quantitative estimate of drug-likeness (QED) is 0.774. The van der Waals surface area contributed by atoms with Crippen LogP contribution in [0.2, 0.25) is 0 Å². The van der Waals surface area contributed by atoms with E-state index in [1.165, 1.54) is 11.1 Å². The Morgan fingerprint density at radius 1 is 1.33 bits per heavy atom. The maximum atomic E-state index is 11.8. The number of rotatable bonds is 1. The maximum absolute atomic E-state index is 11.8. The van der Waals surface area contributed by atoms with Crippen LogP contribution in [0.5, 0.6) is 0 Å². The fourth-order valence-corrected chi connectivity index (χ4v) is 3.19. The lowest BCUT2D eigenvalue weighted by Crippen LogP contribution is -2.54. The van der Waals surface area contributed by atoms with Gasteiger partial charge in [-0.2, -0.15) is 0 Å². The van der Waals surface area contributed by atoms with Gasteiger partial charge < -0.3 is 11.1 Å². The summed E-state index contributed by atoms with van der Waals surface area (Å²) in [5, 5.41) is 2.91. The van der Waals surface area contributed by atoms with Crippen molar-refractivity contribution in [3.05, 3.63) is 35.4 Å². The third-order valence-electron chi connectivity index (χ3n) is 4.18.